The molecule has 0 aromatic carbocycles. The molecule has 0 aromatic heterocycles. The summed E-state index contributed by atoms with van der Waals surface area (Å²) in [5.41, 5.74) is 0.0862. The van der Waals surface area contributed by atoms with Crippen LogP contribution in [0.5, 0.6) is 0 Å². The van der Waals surface area contributed by atoms with Gasteiger partial charge in [0, 0.05) is 26.9 Å². The smallest absolute Gasteiger partial charge is 0.0830 e. The van der Waals surface area contributed by atoms with Crippen LogP contribution in [0.15, 0.2) is 0 Å². The Bertz CT molecular complexity index is 191. The second-order valence-electron chi connectivity index (χ2n) is 5.12. The Morgan fingerprint density at radius 3 is 2.47 bits per heavy atom. The molecule has 1 rings (SSSR count). The minimum Gasteiger partial charge on any atom is -0.385 e. The molecule has 3 nitrogen and oxygen atoms in total. The lowest BCUT2D eigenvalue weighted by Crippen LogP contribution is -2.50. The molecular weight excluding hydrogens is 214 g/mol. The molecule has 0 radical (unpaired) electrons. The highest BCUT2D eigenvalue weighted by Gasteiger charge is 2.40. The van der Waals surface area contributed by atoms with Crippen molar-refractivity contribution in [3.05, 3.63) is 0 Å². The fourth-order valence-electron chi connectivity index (χ4n) is 2.97. The molecule has 0 aromatic rings. The summed E-state index contributed by atoms with van der Waals surface area (Å²) >= 11 is 0. The van der Waals surface area contributed by atoms with Crippen LogP contribution in [0.4, 0.5) is 0 Å². The zero-order valence-corrected chi connectivity index (χ0v) is 11.8. The van der Waals surface area contributed by atoms with E-state index in [9.17, 15) is 0 Å². The van der Waals surface area contributed by atoms with E-state index in [1.165, 1.54) is 32.1 Å². The molecule has 0 spiro atoms. The number of methoxy groups -OCH3 is 2. The largest absolute Gasteiger partial charge is 0.385 e. The Morgan fingerprint density at radius 1 is 1.24 bits per heavy atom. The summed E-state index contributed by atoms with van der Waals surface area (Å²) in [6.45, 7) is 4.15. The maximum atomic E-state index is 5.89. The molecule has 0 aliphatic heterocycles. The van der Waals surface area contributed by atoms with Crippen LogP contribution < -0.4 is 5.32 Å². The van der Waals surface area contributed by atoms with Gasteiger partial charge in [0.25, 0.3) is 0 Å². The molecule has 1 atom stereocenters. The van der Waals surface area contributed by atoms with Crippen LogP contribution >= 0.6 is 0 Å². The third-order valence-electron chi connectivity index (χ3n) is 3.97. The molecule has 1 aliphatic rings. The highest BCUT2D eigenvalue weighted by atomic mass is 16.5. The van der Waals surface area contributed by atoms with Gasteiger partial charge in [0.15, 0.2) is 0 Å². The average Bonchev–Trinajstić information content (AvgIpc) is 2.83. The third kappa shape index (κ3) is 4.23. The van der Waals surface area contributed by atoms with E-state index in [1.807, 2.05) is 7.11 Å². The van der Waals surface area contributed by atoms with Crippen molar-refractivity contribution >= 4 is 0 Å². The number of nitrogens with one attached hydrogen (secondary N) is 1. The van der Waals surface area contributed by atoms with Crippen molar-refractivity contribution in [1.29, 1.82) is 0 Å². The van der Waals surface area contributed by atoms with Crippen LogP contribution in [-0.4, -0.2) is 39.0 Å². The zero-order valence-electron chi connectivity index (χ0n) is 11.8. The third-order valence-corrected chi connectivity index (χ3v) is 3.97. The lowest BCUT2D eigenvalue weighted by atomic mass is 9.88. The van der Waals surface area contributed by atoms with Gasteiger partial charge in [-0.25, -0.2) is 0 Å². The van der Waals surface area contributed by atoms with Crippen molar-refractivity contribution in [1.82, 2.24) is 5.32 Å². The normalized spacial score (nSPS) is 20.6. The summed E-state index contributed by atoms with van der Waals surface area (Å²) in [6.07, 6.45) is 8.48. The van der Waals surface area contributed by atoms with Gasteiger partial charge in [-0.05, 0) is 38.6 Å². The summed E-state index contributed by atoms with van der Waals surface area (Å²) < 4.78 is 11.0. The van der Waals surface area contributed by atoms with Gasteiger partial charge in [0.1, 0.15) is 0 Å². The van der Waals surface area contributed by atoms with Crippen molar-refractivity contribution in [2.24, 2.45) is 0 Å². The first-order chi connectivity index (χ1) is 8.29. The summed E-state index contributed by atoms with van der Waals surface area (Å²) in [7, 11) is 3.65. The topological polar surface area (TPSA) is 30.5 Å². The monoisotopic (exact) mass is 243 g/mol. The fraction of sp³-hybridized carbons (Fsp3) is 1.00. The minimum atomic E-state index is 0.0862. The van der Waals surface area contributed by atoms with Gasteiger partial charge in [-0.1, -0.05) is 19.8 Å². The van der Waals surface area contributed by atoms with E-state index in [0.29, 0.717) is 6.04 Å². The van der Waals surface area contributed by atoms with E-state index >= 15 is 0 Å². The van der Waals surface area contributed by atoms with Gasteiger partial charge in [0.05, 0.1) is 5.60 Å². The van der Waals surface area contributed by atoms with Gasteiger partial charge in [-0.2, -0.15) is 0 Å². The zero-order chi connectivity index (χ0) is 12.6. The first kappa shape index (κ1) is 14.9. The molecule has 1 N–H and O–H groups in total. The van der Waals surface area contributed by atoms with Crippen molar-refractivity contribution in [3.63, 3.8) is 0 Å². The molecule has 0 bridgehead atoms. The van der Waals surface area contributed by atoms with Gasteiger partial charge < -0.3 is 14.8 Å². The van der Waals surface area contributed by atoms with Crippen molar-refractivity contribution in [2.75, 3.05) is 27.4 Å². The quantitative estimate of drug-likeness (QED) is 0.632. The van der Waals surface area contributed by atoms with Crippen molar-refractivity contribution in [2.45, 2.75) is 63.5 Å². The maximum absolute atomic E-state index is 5.89. The molecule has 3 heteroatoms. The standard InChI is InChI=1S/C14H29NO2/c1-4-11-15-13(8-7-12-16-2)14(17-3)9-5-6-10-14/h13,15H,4-12H2,1-3H3. The number of hydrogen-bond donors (Lipinski definition) is 1. The van der Waals surface area contributed by atoms with Gasteiger partial charge in [-0.15, -0.1) is 0 Å². The van der Waals surface area contributed by atoms with Crippen LogP contribution in [0.3, 0.4) is 0 Å². The molecule has 0 amide bonds. The van der Waals surface area contributed by atoms with Gasteiger partial charge in [-0.3, -0.25) is 0 Å². The summed E-state index contributed by atoms with van der Waals surface area (Å²) in [6, 6.07) is 0.491. The Morgan fingerprint density at radius 2 is 1.94 bits per heavy atom. The highest BCUT2D eigenvalue weighted by molar-refractivity contribution is 4.96. The summed E-state index contributed by atoms with van der Waals surface area (Å²) in [5, 5.41) is 3.68. The Labute approximate surface area is 106 Å². The van der Waals surface area contributed by atoms with E-state index in [4.69, 9.17) is 9.47 Å². The van der Waals surface area contributed by atoms with E-state index in [-0.39, 0.29) is 5.60 Å². The fourth-order valence-corrected chi connectivity index (χ4v) is 2.97. The van der Waals surface area contributed by atoms with Crippen LogP contribution in [0, 0.1) is 0 Å². The van der Waals surface area contributed by atoms with Gasteiger partial charge >= 0.3 is 0 Å². The minimum absolute atomic E-state index is 0.0862. The van der Waals surface area contributed by atoms with Crippen LogP contribution in [0.2, 0.25) is 0 Å². The van der Waals surface area contributed by atoms with E-state index in [1.54, 1.807) is 7.11 Å². The van der Waals surface area contributed by atoms with E-state index in [0.717, 1.165) is 26.0 Å². The van der Waals surface area contributed by atoms with E-state index in [2.05, 4.69) is 12.2 Å². The van der Waals surface area contributed by atoms with Crippen molar-refractivity contribution in [3.8, 4) is 0 Å². The molecular formula is C14H29NO2. The molecule has 1 fully saturated rings. The average molecular weight is 243 g/mol. The van der Waals surface area contributed by atoms with Crippen LogP contribution in [0.25, 0.3) is 0 Å². The second-order valence-corrected chi connectivity index (χ2v) is 5.12. The molecule has 1 saturated carbocycles. The molecule has 102 valence electrons. The number of rotatable bonds is 9. The lowest BCUT2D eigenvalue weighted by molar-refractivity contribution is -0.0392. The van der Waals surface area contributed by atoms with E-state index < -0.39 is 0 Å². The molecule has 0 saturated heterocycles. The maximum Gasteiger partial charge on any atom is 0.0830 e. The SMILES string of the molecule is CCCNC(CCCOC)C1(OC)CCCC1. The predicted octanol–water partition coefficient (Wildman–Crippen LogP) is 2.74. The lowest BCUT2D eigenvalue weighted by Gasteiger charge is -2.37. The molecule has 0 heterocycles. The van der Waals surface area contributed by atoms with Crippen LogP contribution in [0.1, 0.15) is 51.9 Å². The first-order valence-electron chi connectivity index (χ1n) is 7.06. The van der Waals surface area contributed by atoms with Crippen molar-refractivity contribution < 1.29 is 9.47 Å². The molecule has 1 unspecified atom stereocenters. The highest BCUT2D eigenvalue weighted by Crippen LogP contribution is 2.37. The number of hydrogen-bond acceptors (Lipinski definition) is 3. The van der Waals surface area contributed by atoms with Crippen LogP contribution in [-0.2, 0) is 9.47 Å². The Balaban J connectivity index is 2.52. The Kier molecular flexibility index (Phi) is 7.09. The first-order valence-corrected chi connectivity index (χ1v) is 7.06. The summed E-state index contributed by atoms with van der Waals surface area (Å²) in [5.74, 6) is 0. The second kappa shape index (κ2) is 8.06. The molecule has 1 aliphatic carbocycles. The van der Waals surface area contributed by atoms with Gasteiger partial charge in [0.2, 0.25) is 0 Å². The summed E-state index contributed by atoms with van der Waals surface area (Å²) in [4.78, 5) is 0. The Hall–Kier alpha value is -0.120. The molecule has 17 heavy (non-hydrogen) atoms. The number of ether oxygens (including phenoxy) is 2. The predicted molar refractivity (Wildman–Crippen MR) is 71.4 cm³/mol.